The van der Waals surface area contributed by atoms with E-state index < -0.39 is 0 Å². The Balaban J connectivity index is 2.43. The Morgan fingerprint density at radius 3 is 2.67 bits per heavy atom. The molecule has 1 aromatic carbocycles. The van der Waals surface area contributed by atoms with E-state index in [-0.39, 0.29) is 17.9 Å². The standard InChI is InChI=1S/C14H19NO3/c1-15-14(16)11-6-7-13(18-3)12-8-9(17-2)4-5-10(11)12/h4-5,8,11,13H,6-7H2,1-3H3,(H,15,16). The molecule has 1 aromatic rings. The van der Waals surface area contributed by atoms with Gasteiger partial charge < -0.3 is 14.8 Å². The normalized spacial score (nSPS) is 22.2. The van der Waals surface area contributed by atoms with Crippen LogP contribution in [0.15, 0.2) is 18.2 Å². The molecule has 0 aromatic heterocycles. The van der Waals surface area contributed by atoms with Gasteiger partial charge >= 0.3 is 0 Å². The number of ether oxygens (including phenoxy) is 2. The topological polar surface area (TPSA) is 47.6 Å². The van der Waals surface area contributed by atoms with Crippen molar-refractivity contribution in [1.29, 1.82) is 0 Å². The SMILES string of the molecule is CNC(=O)C1CCC(OC)c2cc(OC)ccc21. The molecule has 0 heterocycles. The second kappa shape index (κ2) is 5.40. The summed E-state index contributed by atoms with van der Waals surface area (Å²) in [5, 5.41) is 2.73. The maximum atomic E-state index is 11.9. The Morgan fingerprint density at radius 2 is 2.06 bits per heavy atom. The van der Waals surface area contributed by atoms with Crippen molar-refractivity contribution in [3.05, 3.63) is 29.3 Å². The summed E-state index contributed by atoms with van der Waals surface area (Å²) < 4.78 is 10.7. The van der Waals surface area contributed by atoms with Crippen LogP contribution in [0.25, 0.3) is 0 Å². The van der Waals surface area contributed by atoms with Crippen LogP contribution in [0.1, 0.15) is 36.0 Å². The second-order valence-electron chi connectivity index (χ2n) is 4.46. The Labute approximate surface area is 107 Å². The van der Waals surface area contributed by atoms with Crippen molar-refractivity contribution in [2.45, 2.75) is 24.9 Å². The van der Waals surface area contributed by atoms with Crippen molar-refractivity contribution in [3.63, 3.8) is 0 Å². The Bertz CT molecular complexity index is 445. The van der Waals surface area contributed by atoms with E-state index in [9.17, 15) is 4.79 Å². The van der Waals surface area contributed by atoms with Crippen LogP contribution in [-0.2, 0) is 9.53 Å². The van der Waals surface area contributed by atoms with E-state index in [1.165, 1.54) is 0 Å². The van der Waals surface area contributed by atoms with Gasteiger partial charge in [0.15, 0.2) is 0 Å². The summed E-state index contributed by atoms with van der Waals surface area (Å²) in [7, 11) is 5.02. The number of hydrogen-bond acceptors (Lipinski definition) is 3. The highest BCUT2D eigenvalue weighted by molar-refractivity contribution is 5.84. The number of benzene rings is 1. The largest absolute Gasteiger partial charge is 0.497 e. The number of rotatable bonds is 3. The van der Waals surface area contributed by atoms with Crippen molar-refractivity contribution < 1.29 is 14.3 Å². The Kier molecular flexibility index (Phi) is 3.87. The van der Waals surface area contributed by atoms with Crippen LogP contribution in [0.2, 0.25) is 0 Å². The van der Waals surface area contributed by atoms with Crippen LogP contribution in [0.5, 0.6) is 5.75 Å². The molecule has 0 aliphatic heterocycles. The molecule has 4 heteroatoms. The fraction of sp³-hybridized carbons (Fsp3) is 0.500. The average Bonchev–Trinajstić information content (AvgIpc) is 2.44. The van der Waals surface area contributed by atoms with Crippen LogP contribution in [-0.4, -0.2) is 27.2 Å². The minimum absolute atomic E-state index is 0.0519. The van der Waals surface area contributed by atoms with Gasteiger partial charge in [0, 0.05) is 14.2 Å². The first-order valence-corrected chi connectivity index (χ1v) is 6.13. The lowest BCUT2D eigenvalue weighted by Gasteiger charge is -2.30. The van der Waals surface area contributed by atoms with E-state index in [0.29, 0.717) is 0 Å². The third-order valence-corrected chi connectivity index (χ3v) is 3.58. The van der Waals surface area contributed by atoms with Gasteiger partial charge in [-0.25, -0.2) is 0 Å². The maximum absolute atomic E-state index is 11.9. The maximum Gasteiger partial charge on any atom is 0.227 e. The van der Waals surface area contributed by atoms with E-state index in [4.69, 9.17) is 9.47 Å². The van der Waals surface area contributed by atoms with Crippen LogP contribution in [0.3, 0.4) is 0 Å². The number of nitrogens with one attached hydrogen (secondary N) is 1. The van der Waals surface area contributed by atoms with Crippen molar-refractivity contribution >= 4 is 5.91 Å². The molecule has 1 N–H and O–H groups in total. The van der Waals surface area contributed by atoms with Crippen LogP contribution < -0.4 is 10.1 Å². The highest BCUT2D eigenvalue weighted by Gasteiger charge is 2.31. The molecule has 2 rings (SSSR count). The van der Waals surface area contributed by atoms with Gasteiger partial charge in [-0.05, 0) is 36.1 Å². The molecule has 0 spiro atoms. The van der Waals surface area contributed by atoms with Gasteiger partial charge in [-0.1, -0.05) is 6.07 Å². The molecule has 2 atom stereocenters. The first-order chi connectivity index (χ1) is 8.71. The van der Waals surface area contributed by atoms with E-state index in [0.717, 1.165) is 29.7 Å². The van der Waals surface area contributed by atoms with Gasteiger partial charge in [0.1, 0.15) is 5.75 Å². The van der Waals surface area contributed by atoms with Crippen molar-refractivity contribution in [3.8, 4) is 5.75 Å². The van der Waals surface area contributed by atoms with Crippen LogP contribution >= 0.6 is 0 Å². The summed E-state index contributed by atoms with van der Waals surface area (Å²) in [5.74, 6) is 0.784. The quantitative estimate of drug-likeness (QED) is 0.891. The van der Waals surface area contributed by atoms with Gasteiger partial charge in [0.05, 0.1) is 19.1 Å². The zero-order chi connectivity index (χ0) is 13.1. The van der Waals surface area contributed by atoms with E-state index in [1.54, 1.807) is 21.3 Å². The molecule has 2 unspecified atom stereocenters. The zero-order valence-corrected chi connectivity index (χ0v) is 11.0. The Morgan fingerprint density at radius 1 is 1.28 bits per heavy atom. The summed E-state index contributed by atoms with van der Waals surface area (Å²) in [6.07, 6.45) is 1.72. The summed E-state index contributed by atoms with van der Waals surface area (Å²) in [4.78, 5) is 11.9. The molecule has 0 saturated heterocycles. The lowest BCUT2D eigenvalue weighted by Crippen LogP contribution is -2.29. The van der Waals surface area contributed by atoms with Crippen LogP contribution in [0, 0.1) is 0 Å². The van der Waals surface area contributed by atoms with E-state index in [1.807, 2.05) is 18.2 Å². The summed E-state index contributed by atoms with van der Waals surface area (Å²) in [6, 6.07) is 5.84. The molecule has 0 bridgehead atoms. The molecule has 18 heavy (non-hydrogen) atoms. The second-order valence-corrected chi connectivity index (χ2v) is 4.46. The lowest BCUT2D eigenvalue weighted by atomic mass is 9.80. The first-order valence-electron chi connectivity index (χ1n) is 6.13. The van der Waals surface area contributed by atoms with Crippen molar-refractivity contribution in [2.75, 3.05) is 21.3 Å². The molecule has 1 amide bonds. The minimum Gasteiger partial charge on any atom is -0.497 e. The monoisotopic (exact) mass is 249 g/mol. The number of amides is 1. The van der Waals surface area contributed by atoms with E-state index in [2.05, 4.69) is 5.32 Å². The lowest BCUT2D eigenvalue weighted by molar-refractivity contribution is -0.122. The average molecular weight is 249 g/mol. The van der Waals surface area contributed by atoms with Crippen LogP contribution in [0.4, 0.5) is 0 Å². The molecular formula is C14H19NO3. The number of likely N-dealkylation sites (N-methyl/N-ethyl adjacent to an activating group) is 1. The Hall–Kier alpha value is -1.55. The van der Waals surface area contributed by atoms with Gasteiger partial charge in [-0.3, -0.25) is 4.79 Å². The number of carbonyl (C=O) groups is 1. The number of fused-ring (bicyclic) bond motifs is 1. The third-order valence-electron chi connectivity index (χ3n) is 3.58. The van der Waals surface area contributed by atoms with Crippen molar-refractivity contribution in [2.24, 2.45) is 0 Å². The van der Waals surface area contributed by atoms with Crippen molar-refractivity contribution in [1.82, 2.24) is 5.32 Å². The fourth-order valence-electron chi connectivity index (χ4n) is 2.60. The number of hydrogen-bond donors (Lipinski definition) is 1. The molecule has 98 valence electrons. The first kappa shape index (κ1) is 12.9. The molecule has 0 saturated carbocycles. The summed E-state index contributed by atoms with van der Waals surface area (Å²) in [6.45, 7) is 0. The van der Waals surface area contributed by atoms with Gasteiger partial charge in [0.25, 0.3) is 0 Å². The van der Waals surface area contributed by atoms with E-state index >= 15 is 0 Å². The highest BCUT2D eigenvalue weighted by Crippen LogP contribution is 2.40. The smallest absolute Gasteiger partial charge is 0.227 e. The highest BCUT2D eigenvalue weighted by atomic mass is 16.5. The third kappa shape index (κ3) is 2.20. The fourth-order valence-corrected chi connectivity index (χ4v) is 2.60. The zero-order valence-electron chi connectivity index (χ0n) is 11.0. The van der Waals surface area contributed by atoms with Gasteiger partial charge in [-0.15, -0.1) is 0 Å². The molecule has 0 fully saturated rings. The number of methoxy groups -OCH3 is 2. The predicted octanol–water partition coefficient (Wildman–Crippen LogP) is 2.01. The number of carbonyl (C=O) groups excluding carboxylic acids is 1. The summed E-state index contributed by atoms with van der Waals surface area (Å²) in [5.41, 5.74) is 2.12. The molecular weight excluding hydrogens is 230 g/mol. The van der Waals surface area contributed by atoms with Gasteiger partial charge in [-0.2, -0.15) is 0 Å². The minimum atomic E-state index is -0.0812. The molecule has 1 aliphatic rings. The summed E-state index contributed by atoms with van der Waals surface area (Å²) >= 11 is 0. The molecule has 4 nitrogen and oxygen atoms in total. The molecule has 0 radical (unpaired) electrons. The molecule has 1 aliphatic carbocycles. The predicted molar refractivity (Wildman–Crippen MR) is 68.8 cm³/mol. The van der Waals surface area contributed by atoms with Gasteiger partial charge in [0.2, 0.25) is 5.91 Å².